The van der Waals surface area contributed by atoms with Gasteiger partial charge in [0.2, 0.25) is 0 Å². The molecule has 1 N–H and O–H groups in total. The van der Waals surface area contributed by atoms with Crippen LogP contribution in [0.25, 0.3) is 11.3 Å². The lowest BCUT2D eigenvalue weighted by Gasteiger charge is -2.04. The van der Waals surface area contributed by atoms with Crippen molar-refractivity contribution >= 4 is 35.2 Å². The first-order valence-electron chi connectivity index (χ1n) is 8.09. The van der Waals surface area contributed by atoms with Gasteiger partial charge in [0.15, 0.2) is 10.6 Å². The van der Waals surface area contributed by atoms with Gasteiger partial charge in [0.05, 0.1) is 29.1 Å². The van der Waals surface area contributed by atoms with Crippen LogP contribution >= 0.6 is 23.7 Å². The van der Waals surface area contributed by atoms with E-state index in [4.69, 9.17) is 0 Å². The van der Waals surface area contributed by atoms with Crippen LogP contribution in [0.4, 0.5) is 10.1 Å². The second-order valence-electron chi connectivity index (χ2n) is 5.72. The average Bonchev–Trinajstić information content (AvgIpc) is 2.93. The first kappa shape index (κ1) is 21.0. The number of aromatic nitrogens is 2. The summed E-state index contributed by atoms with van der Waals surface area (Å²) in [6.07, 6.45) is 1.56. The molecule has 0 bridgehead atoms. The number of aliphatic hydroxyl groups excluding tert-OH is 1. The Morgan fingerprint density at radius 2 is 2.04 bits per heavy atom. The van der Waals surface area contributed by atoms with Crippen molar-refractivity contribution in [2.75, 3.05) is 6.61 Å². The molecule has 27 heavy (non-hydrogen) atoms. The average molecular weight is 408 g/mol. The summed E-state index contributed by atoms with van der Waals surface area (Å²) in [5.74, 6) is -0.362. The van der Waals surface area contributed by atoms with Gasteiger partial charge in [-0.05, 0) is 31.2 Å². The lowest BCUT2D eigenvalue weighted by Crippen LogP contribution is -2.18. The van der Waals surface area contributed by atoms with Crippen molar-refractivity contribution in [1.82, 2.24) is 9.55 Å². The highest BCUT2D eigenvalue weighted by molar-refractivity contribution is 7.11. The van der Waals surface area contributed by atoms with Gasteiger partial charge in [-0.15, -0.1) is 12.4 Å². The normalized spacial score (nSPS) is 11.3. The molecule has 0 saturated heterocycles. The van der Waals surface area contributed by atoms with Crippen molar-refractivity contribution in [1.29, 1.82) is 0 Å². The molecular formula is C19H19ClFN3O2S. The number of carbonyl (C=O) groups is 1. The van der Waals surface area contributed by atoms with Gasteiger partial charge >= 0.3 is 0 Å². The van der Waals surface area contributed by atoms with E-state index in [1.54, 1.807) is 36.5 Å². The van der Waals surface area contributed by atoms with E-state index in [1.807, 2.05) is 11.5 Å². The molecule has 0 unspecified atom stereocenters. The molecule has 2 heterocycles. The Hall–Kier alpha value is -2.35. The molecule has 0 aliphatic carbocycles. The Kier molecular flexibility index (Phi) is 7.01. The van der Waals surface area contributed by atoms with Crippen LogP contribution in [-0.2, 0) is 6.54 Å². The minimum atomic E-state index is -0.328. The van der Waals surface area contributed by atoms with Crippen molar-refractivity contribution in [2.24, 2.45) is 4.99 Å². The van der Waals surface area contributed by atoms with Gasteiger partial charge in [-0.1, -0.05) is 23.5 Å². The number of Topliss-reactive ketones (excluding diaryl/α,β-unsaturated/α-hetero) is 1. The summed E-state index contributed by atoms with van der Waals surface area (Å²) in [5, 5.41) is 9.28. The van der Waals surface area contributed by atoms with Gasteiger partial charge in [0.1, 0.15) is 5.82 Å². The number of rotatable bonds is 5. The number of halogens is 2. The molecule has 142 valence electrons. The topological polar surface area (TPSA) is 67.5 Å². The van der Waals surface area contributed by atoms with Gasteiger partial charge in [0, 0.05) is 24.7 Å². The Bertz CT molecular complexity index is 1010. The lowest BCUT2D eigenvalue weighted by atomic mass is 10.1. The fraction of sp³-hybridized carbons (Fsp3) is 0.211. The molecule has 0 radical (unpaired) electrons. The fourth-order valence-electron chi connectivity index (χ4n) is 2.65. The Morgan fingerprint density at radius 3 is 2.63 bits per heavy atom. The third-order valence-electron chi connectivity index (χ3n) is 3.92. The minimum absolute atomic E-state index is 0. The predicted octanol–water partition coefficient (Wildman–Crippen LogP) is 3.91. The smallest absolute Gasteiger partial charge is 0.190 e. The highest BCUT2D eigenvalue weighted by Gasteiger charge is 2.13. The van der Waals surface area contributed by atoms with Crippen molar-refractivity contribution < 1.29 is 14.3 Å². The zero-order valence-electron chi connectivity index (χ0n) is 14.8. The number of pyridine rings is 1. The van der Waals surface area contributed by atoms with Crippen LogP contribution in [0.2, 0.25) is 0 Å². The van der Waals surface area contributed by atoms with E-state index >= 15 is 0 Å². The molecule has 3 rings (SSSR count). The van der Waals surface area contributed by atoms with Crippen LogP contribution in [0.3, 0.4) is 0 Å². The molecule has 8 heteroatoms. The lowest BCUT2D eigenvalue weighted by molar-refractivity contribution is 0.102. The first-order valence-corrected chi connectivity index (χ1v) is 8.90. The van der Waals surface area contributed by atoms with Gasteiger partial charge in [0.25, 0.3) is 0 Å². The molecule has 0 aliphatic heterocycles. The molecule has 0 spiro atoms. The number of carbonyl (C=O) groups excluding carboxylic acids is 1. The van der Waals surface area contributed by atoms with Gasteiger partial charge in [-0.3, -0.25) is 9.78 Å². The minimum Gasteiger partial charge on any atom is -0.395 e. The monoisotopic (exact) mass is 407 g/mol. The van der Waals surface area contributed by atoms with E-state index in [1.165, 1.54) is 24.3 Å². The number of hydrogen-bond acceptors (Lipinski definition) is 5. The molecule has 5 nitrogen and oxygen atoms in total. The van der Waals surface area contributed by atoms with Gasteiger partial charge < -0.3 is 9.67 Å². The standard InChI is InChI=1S/C19H18FN3O2S.ClH/c1-12-18(13(2)25)26-19(23(12)9-10-24)22-14-7-8-17(21-11-14)15-5-3-4-6-16(15)20;/h3-8,11,24H,9-10H2,1-2H3;1H. The number of thiazole rings is 1. The summed E-state index contributed by atoms with van der Waals surface area (Å²) < 4.78 is 15.7. The summed E-state index contributed by atoms with van der Waals surface area (Å²) >= 11 is 1.28. The van der Waals surface area contributed by atoms with Crippen molar-refractivity contribution in [3.8, 4) is 11.3 Å². The van der Waals surface area contributed by atoms with Crippen LogP contribution in [0.5, 0.6) is 0 Å². The molecule has 2 aromatic heterocycles. The van der Waals surface area contributed by atoms with E-state index < -0.39 is 0 Å². The van der Waals surface area contributed by atoms with E-state index in [9.17, 15) is 14.3 Å². The maximum absolute atomic E-state index is 13.9. The van der Waals surface area contributed by atoms with Gasteiger partial charge in [-0.25, -0.2) is 9.38 Å². The predicted molar refractivity (Wildman–Crippen MR) is 106 cm³/mol. The zero-order chi connectivity index (χ0) is 18.7. The largest absolute Gasteiger partial charge is 0.395 e. The second kappa shape index (κ2) is 9.03. The van der Waals surface area contributed by atoms with Crippen LogP contribution in [0.1, 0.15) is 22.3 Å². The Balaban J connectivity index is 0.00000261. The molecule has 0 fully saturated rings. The van der Waals surface area contributed by atoms with Crippen molar-refractivity contribution in [3.05, 3.63) is 63.8 Å². The van der Waals surface area contributed by atoms with Gasteiger partial charge in [-0.2, -0.15) is 0 Å². The summed E-state index contributed by atoms with van der Waals surface area (Å²) in [6.45, 7) is 3.65. The number of benzene rings is 1. The highest BCUT2D eigenvalue weighted by Crippen LogP contribution is 2.22. The summed E-state index contributed by atoms with van der Waals surface area (Å²) in [5.41, 5.74) is 2.33. The van der Waals surface area contributed by atoms with Crippen LogP contribution in [0, 0.1) is 12.7 Å². The van der Waals surface area contributed by atoms with Crippen molar-refractivity contribution in [2.45, 2.75) is 20.4 Å². The number of nitrogens with zero attached hydrogens (tertiary/aromatic N) is 3. The second-order valence-corrected chi connectivity index (χ2v) is 6.70. The zero-order valence-corrected chi connectivity index (χ0v) is 16.5. The summed E-state index contributed by atoms with van der Waals surface area (Å²) in [7, 11) is 0. The molecule has 0 atom stereocenters. The van der Waals surface area contributed by atoms with Crippen LogP contribution in [-0.4, -0.2) is 27.0 Å². The quantitative estimate of drug-likeness (QED) is 0.652. The first-order chi connectivity index (χ1) is 12.5. The summed E-state index contributed by atoms with van der Waals surface area (Å²) in [6, 6.07) is 9.92. The van der Waals surface area contributed by atoms with E-state index in [2.05, 4.69) is 9.98 Å². The number of hydrogen-bond donors (Lipinski definition) is 1. The van der Waals surface area contributed by atoms with Crippen LogP contribution in [0.15, 0.2) is 47.6 Å². The molecule has 1 aromatic carbocycles. The van der Waals surface area contributed by atoms with Crippen molar-refractivity contribution in [3.63, 3.8) is 0 Å². The maximum atomic E-state index is 13.9. The SMILES string of the molecule is CC(=O)c1sc(=Nc2ccc(-c3ccccc3F)nc2)n(CCO)c1C.Cl. The Morgan fingerprint density at radius 1 is 1.30 bits per heavy atom. The third kappa shape index (κ3) is 4.50. The molecule has 0 saturated carbocycles. The number of ketones is 1. The van der Waals surface area contributed by atoms with E-state index in [-0.39, 0.29) is 30.6 Å². The molecule has 3 aromatic rings. The number of aliphatic hydroxyl groups is 1. The Labute approximate surface area is 166 Å². The fourth-order valence-corrected chi connectivity index (χ4v) is 3.72. The summed E-state index contributed by atoms with van der Waals surface area (Å²) in [4.78, 5) is 21.8. The third-order valence-corrected chi connectivity index (χ3v) is 5.20. The molecular weight excluding hydrogens is 389 g/mol. The van der Waals surface area contributed by atoms with Crippen LogP contribution < -0.4 is 4.80 Å². The maximum Gasteiger partial charge on any atom is 0.190 e. The van der Waals surface area contributed by atoms with E-state index in [0.29, 0.717) is 33.2 Å². The molecule has 0 amide bonds. The molecule has 0 aliphatic rings. The highest BCUT2D eigenvalue weighted by atomic mass is 35.5. The van der Waals surface area contributed by atoms with E-state index in [0.717, 1.165) is 5.69 Å².